The highest BCUT2D eigenvalue weighted by molar-refractivity contribution is 4.98. The second kappa shape index (κ2) is 59.0. The van der Waals surface area contributed by atoms with Crippen LogP contribution < -0.4 is 0 Å². The van der Waals surface area contributed by atoms with Crippen molar-refractivity contribution in [3.05, 3.63) is 71.3 Å². The second-order valence-corrected chi connectivity index (χ2v) is 34.7. The highest BCUT2D eigenvalue weighted by Gasteiger charge is 2.12. The maximum absolute atomic E-state index is 4.18. The number of aryl methyl sites for hydroxylation is 9. The Morgan fingerprint density at radius 1 is 0.196 bits per heavy atom. The molecule has 0 saturated carbocycles. The Kier molecular flexibility index (Phi) is 54.9. The Hall–Kier alpha value is -5.16. The van der Waals surface area contributed by atoms with Crippen LogP contribution in [0.4, 0.5) is 0 Å². The van der Waals surface area contributed by atoms with Crippen LogP contribution in [0.15, 0.2) is 37.2 Å². The normalized spacial score (nSPS) is 11.6. The highest BCUT2D eigenvalue weighted by atomic mass is 15.4. The van der Waals surface area contributed by atoms with Gasteiger partial charge in [0.1, 0.15) is 0 Å². The molecule has 0 atom stereocenters. The first-order valence-corrected chi connectivity index (χ1v) is 41.8. The number of hydrogen-bond acceptors (Lipinski definition) is 12. The van der Waals surface area contributed by atoms with Gasteiger partial charge < -0.3 is 0 Å². The van der Waals surface area contributed by atoms with Crippen LogP contribution >= 0.6 is 0 Å². The average Bonchev–Trinajstić information content (AvgIpc) is 1.82. The Bertz CT molecular complexity index is 2480. The van der Waals surface area contributed by atoms with Crippen LogP contribution in [0.5, 0.6) is 0 Å². The van der Waals surface area contributed by atoms with Crippen LogP contribution in [0.25, 0.3) is 0 Å². The summed E-state index contributed by atoms with van der Waals surface area (Å²) in [7, 11) is 0. The summed E-state index contributed by atoms with van der Waals surface area (Å²) < 4.78 is 12.5. The first-order chi connectivity index (χ1) is 48.6. The lowest BCUT2D eigenvalue weighted by atomic mass is 10.0. The van der Waals surface area contributed by atoms with Gasteiger partial charge in [0.2, 0.25) is 0 Å². The molecule has 6 rings (SSSR count). The van der Waals surface area contributed by atoms with E-state index in [4.69, 9.17) is 0 Å². The fourth-order valence-electron chi connectivity index (χ4n) is 11.8. The van der Waals surface area contributed by atoms with Gasteiger partial charge >= 0.3 is 0 Å². The third kappa shape index (κ3) is 51.9. The maximum atomic E-state index is 4.18. The molecule has 18 nitrogen and oxygen atoms in total. The minimum atomic E-state index is 0.636. The average molecular weight is 1420 g/mol. The van der Waals surface area contributed by atoms with Gasteiger partial charge in [-0.2, -0.15) is 0 Å². The third-order valence-electron chi connectivity index (χ3n) is 18.1. The number of rotatable bonds is 48. The van der Waals surface area contributed by atoms with Gasteiger partial charge in [0.05, 0.1) is 71.3 Å². The highest BCUT2D eigenvalue weighted by Crippen LogP contribution is 2.18. The van der Waals surface area contributed by atoms with Crippen molar-refractivity contribution < 1.29 is 0 Å². The Morgan fingerprint density at radius 2 is 0.422 bits per heavy atom. The summed E-state index contributed by atoms with van der Waals surface area (Å²) in [5.41, 5.74) is 7.75. The molecule has 0 fully saturated rings. The number of hydrogen-bond donors (Lipinski definition) is 0. The molecule has 0 aromatic carbocycles. The summed E-state index contributed by atoms with van der Waals surface area (Å²) in [6.07, 6.45) is 49.1. The van der Waals surface area contributed by atoms with Crippen molar-refractivity contribution in [2.45, 2.75) is 398 Å². The van der Waals surface area contributed by atoms with Gasteiger partial charge in [-0.25, -0.2) is 28.1 Å². The second-order valence-electron chi connectivity index (χ2n) is 34.7. The molecule has 0 N–H and O–H groups in total. The van der Waals surface area contributed by atoms with Gasteiger partial charge in [-0.05, 0) is 167 Å². The molecule has 0 spiro atoms. The van der Waals surface area contributed by atoms with E-state index in [0.717, 1.165) is 131 Å². The zero-order valence-electron chi connectivity index (χ0n) is 70.9. The maximum Gasteiger partial charge on any atom is 0.0725 e. The van der Waals surface area contributed by atoms with Crippen LogP contribution in [0.3, 0.4) is 0 Å². The van der Waals surface area contributed by atoms with Crippen LogP contribution in [0.1, 0.15) is 354 Å². The molecule has 0 aliphatic rings. The largest absolute Gasteiger partial charge is 0.249 e. The van der Waals surface area contributed by atoms with E-state index in [9.17, 15) is 0 Å². The van der Waals surface area contributed by atoms with Gasteiger partial charge in [0.25, 0.3) is 0 Å². The van der Waals surface area contributed by atoms with Crippen molar-refractivity contribution in [1.29, 1.82) is 0 Å². The third-order valence-corrected chi connectivity index (χ3v) is 18.1. The summed E-state index contributed by atoms with van der Waals surface area (Å²) >= 11 is 0. The van der Waals surface area contributed by atoms with Crippen molar-refractivity contribution in [1.82, 2.24) is 90.0 Å². The van der Waals surface area contributed by atoms with Crippen molar-refractivity contribution >= 4 is 0 Å². The van der Waals surface area contributed by atoms with Crippen molar-refractivity contribution in [3.8, 4) is 0 Å². The van der Waals surface area contributed by atoms with E-state index in [-0.39, 0.29) is 0 Å². The lowest BCUT2D eigenvalue weighted by Crippen LogP contribution is -2.09. The molecule has 6 heterocycles. The molecule has 6 aromatic rings. The van der Waals surface area contributed by atoms with E-state index < -0.39 is 0 Å². The quantitative estimate of drug-likeness (QED) is 0.0330. The Balaban J connectivity index is 0.000000612. The molecule has 0 aliphatic carbocycles. The molecule has 0 amide bonds. The van der Waals surface area contributed by atoms with Gasteiger partial charge in [-0.3, -0.25) is 0 Å². The molecular weight excluding hydrogens is 1260 g/mol. The van der Waals surface area contributed by atoms with E-state index in [1.807, 2.05) is 37.2 Å². The van der Waals surface area contributed by atoms with Crippen molar-refractivity contribution in [2.24, 2.45) is 71.0 Å². The molecule has 0 saturated heterocycles. The lowest BCUT2D eigenvalue weighted by Gasteiger charge is -2.08. The van der Waals surface area contributed by atoms with Crippen LogP contribution in [0, 0.1) is 71.0 Å². The minimum absolute atomic E-state index is 0.636. The molecule has 0 unspecified atom stereocenters. The molecule has 102 heavy (non-hydrogen) atoms. The fraction of sp³-hybridized carbons (Fsp3) is 0.857. The number of unbranched alkanes of at least 4 members (excludes halogenated alkanes) is 9. The Morgan fingerprint density at radius 3 is 0.725 bits per heavy atom. The van der Waals surface area contributed by atoms with E-state index in [1.165, 1.54) is 188 Å². The summed E-state index contributed by atoms with van der Waals surface area (Å²) in [6.45, 7) is 60.4. The van der Waals surface area contributed by atoms with Gasteiger partial charge in [-0.1, -0.05) is 294 Å². The predicted octanol–water partition coefficient (Wildman–Crippen LogP) is 22.2. The van der Waals surface area contributed by atoms with Crippen molar-refractivity contribution in [3.63, 3.8) is 0 Å². The lowest BCUT2D eigenvalue weighted by molar-refractivity contribution is 0.453. The number of aromatic nitrogens is 18. The summed E-state index contributed by atoms with van der Waals surface area (Å²) in [4.78, 5) is 0. The summed E-state index contributed by atoms with van der Waals surface area (Å²) in [5.74, 6) is 9.14. The number of nitrogens with zero attached hydrogens (tertiary/aromatic N) is 18. The van der Waals surface area contributed by atoms with Gasteiger partial charge in [-0.15, -0.1) is 30.6 Å². The van der Waals surface area contributed by atoms with E-state index in [0.29, 0.717) is 17.8 Å². The predicted molar refractivity (Wildman–Crippen MR) is 431 cm³/mol. The molecule has 0 aliphatic heterocycles. The van der Waals surface area contributed by atoms with E-state index >= 15 is 0 Å². The first-order valence-electron chi connectivity index (χ1n) is 41.8. The molecule has 0 radical (unpaired) electrons. The minimum Gasteiger partial charge on any atom is -0.249 e. The molecular formula is C84H162N18. The monoisotopic (exact) mass is 1420 g/mol. The summed E-state index contributed by atoms with van der Waals surface area (Å²) in [5, 5.41) is 49.1. The molecule has 6 aromatic heterocycles. The fourth-order valence-corrected chi connectivity index (χ4v) is 11.8. The molecule has 588 valence electrons. The smallest absolute Gasteiger partial charge is 0.0725 e. The van der Waals surface area contributed by atoms with Crippen LogP contribution in [-0.4, -0.2) is 90.0 Å². The van der Waals surface area contributed by atoms with Crippen LogP contribution in [0.2, 0.25) is 0 Å². The molecule has 18 heteroatoms. The first kappa shape index (κ1) is 94.9. The van der Waals surface area contributed by atoms with E-state index in [2.05, 4.69) is 256 Å². The van der Waals surface area contributed by atoms with Crippen LogP contribution in [-0.2, 0) is 77.8 Å². The van der Waals surface area contributed by atoms with Crippen molar-refractivity contribution in [2.75, 3.05) is 0 Å². The van der Waals surface area contributed by atoms with Gasteiger partial charge in [0.15, 0.2) is 0 Å². The zero-order chi connectivity index (χ0) is 76.0. The van der Waals surface area contributed by atoms with E-state index in [1.54, 1.807) is 0 Å². The standard InChI is InChI=1S/6C14H27N3/c1-12(2)7-5-6-10-17-14(11-15-16-17)9-8-13(3)4;2*1-12(2)7-5-6-8-14-11-15-16-17(14)10-9-13(3)4;1-12(2)8-6-5-7-9-14-10-15-16-17(14)11-13(3)4;2*1-12(2)8-6-5-7-9-17-14(10-13(3)4)11-15-16-17/h3*11-13H,5-10H2,1-4H3;10,12-13H,5-9,11H2,1-4H3;2*11-13H,5-10H2,1-4H3. The SMILES string of the molecule is CC(C)CCCCCc1cnnn1CC(C)C.CC(C)CCCCCn1nncc1CC(C)C.CC(C)CCCCCn1nncc1CC(C)C.CC(C)CCCCc1cnnn1CCC(C)C.CC(C)CCCCc1cnnn1CCC(C)C.CC(C)CCCCn1nncc1CCC(C)C. The van der Waals surface area contributed by atoms with Gasteiger partial charge in [0, 0.05) is 39.3 Å². The zero-order valence-corrected chi connectivity index (χ0v) is 70.9. The Labute approximate surface area is 627 Å². The molecule has 0 bridgehead atoms. The topological polar surface area (TPSA) is 184 Å². The summed E-state index contributed by atoms with van der Waals surface area (Å²) in [6, 6.07) is 0.